The monoisotopic (exact) mass is 235 g/mol. The predicted molar refractivity (Wildman–Crippen MR) is 66.1 cm³/mol. The molecular formula is C12H17N3O2. The number of nitrogen functional groups attached to an aromatic ring is 1. The van der Waals surface area contributed by atoms with Gasteiger partial charge in [-0.15, -0.1) is 0 Å². The smallest absolute Gasteiger partial charge is 0.354 e. The quantitative estimate of drug-likeness (QED) is 0.742. The summed E-state index contributed by atoms with van der Waals surface area (Å²) >= 11 is 0. The molecule has 0 aliphatic heterocycles. The van der Waals surface area contributed by atoms with Gasteiger partial charge in [0, 0.05) is 6.54 Å². The van der Waals surface area contributed by atoms with Crippen molar-refractivity contribution in [1.82, 2.24) is 4.98 Å². The van der Waals surface area contributed by atoms with Gasteiger partial charge in [0.2, 0.25) is 0 Å². The average molecular weight is 235 g/mol. The second-order valence-electron chi connectivity index (χ2n) is 4.47. The molecule has 1 heterocycles. The zero-order chi connectivity index (χ0) is 12.3. The number of rotatable bonds is 4. The van der Waals surface area contributed by atoms with Crippen molar-refractivity contribution in [1.29, 1.82) is 0 Å². The Morgan fingerprint density at radius 2 is 2.18 bits per heavy atom. The summed E-state index contributed by atoms with van der Waals surface area (Å²) in [6.07, 6.45) is 5.02. The zero-order valence-corrected chi connectivity index (χ0v) is 9.65. The molecule has 0 aromatic carbocycles. The van der Waals surface area contributed by atoms with Crippen LogP contribution in [-0.4, -0.2) is 22.6 Å². The first-order valence-corrected chi connectivity index (χ1v) is 5.90. The van der Waals surface area contributed by atoms with Crippen molar-refractivity contribution in [3.05, 3.63) is 17.8 Å². The van der Waals surface area contributed by atoms with Crippen LogP contribution in [0.15, 0.2) is 12.1 Å². The summed E-state index contributed by atoms with van der Waals surface area (Å²) < 4.78 is 0. The molecule has 0 radical (unpaired) electrons. The lowest BCUT2D eigenvalue weighted by Crippen LogP contribution is -2.14. The normalized spacial score (nSPS) is 16.0. The standard InChI is InChI=1S/C12H17N3O2/c13-9-5-6-10(12(16)17)15-11(9)14-7-8-3-1-2-4-8/h5-6,8H,1-4,7,13H2,(H,14,15)(H,16,17). The van der Waals surface area contributed by atoms with Gasteiger partial charge in [-0.1, -0.05) is 12.8 Å². The van der Waals surface area contributed by atoms with Gasteiger partial charge in [0.05, 0.1) is 5.69 Å². The van der Waals surface area contributed by atoms with Gasteiger partial charge in [0.25, 0.3) is 0 Å². The molecule has 0 unspecified atom stereocenters. The molecule has 1 aliphatic rings. The van der Waals surface area contributed by atoms with E-state index in [1.807, 2.05) is 0 Å². The largest absolute Gasteiger partial charge is 0.477 e. The van der Waals surface area contributed by atoms with E-state index in [9.17, 15) is 4.79 Å². The highest BCUT2D eigenvalue weighted by Crippen LogP contribution is 2.25. The van der Waals surface area contributed by atoms with Crippen molar-refractivity contribution >= 4 is 17.5 Å². The third-order valence-corrected chi connectivity index (χ3v) is 3.18. The number of nitrogens with zero attached hydrogens (tertiary/aromatic N) is 1. The summed E-state index contributed by atoms with van der Waals surface area (Å²) in [6, 6.07) is 2.99. The first kappa shape index (κ1) is 11.7. The fourth-order valence-electron chi connectivity index (χ4n) is 2.19. The van der Waals surface area contributed by atoms with Gasteiger partial charge in [-0.3, -0.25) is 0 Å². The fraction of sp³-hybridized carbons (Fsp3) is 0.500. The van der Waals surface area contributed by atoms with Crippen molar-refractivity contribution in [2.24, 2.45) is 5.92 Å². The van der Waals surface area contributed by atoms with E-state index < -0.39 is 5.97 Å². The molecule has 0 atom stereocenters. The van der Waals surface area contributed by atoms with Crippen LogP contribution in [0.25, 0.3) is 0 Å². The van der Waals surface area contributed by atoms with Crippen LogP contribution in [-0.2, 0) is 0 Å². The third-order valence-electron chi connectivity index (χ3n) is 3.18. The second kappa shape index (κ2) is 5.03. The molecule has 1 fully saturated rings. The van der Waals surface area contributed by atoms with Gasteiger partial charge in [-0.05, 0) is 30.9 Å². The number of nitrogens with two attached hydrogens (primary N) is 1. The van der Waals surface area contributed by atoms with Gasteiger partial charge in [-0.25, -0.2) is 9.78 Å². The summed E-state index contributed by atoms with van der Waals surface area (Å²) in [5, 5.41) is 12.0. The van der Waals surface area contributed by atoms with Crippen LogP contribution in [0.4, 0.5) is 11.5 Å². The van der Waals surface area contributed by atoms with E-state index in [1.165, 1.54) is 31.7 Å². The van der Waals surface area contributed by atoms with Crippen LogP contribution in [0.5, 0.6) is 0 Å². The second-order valence-corrected chi connectivity index (χ2v) is 4.47. The van der Waals surface area contributed by atoms with E-state index in [-0.39, 0.29) is 5.69 Å². The summed E-state index contributed by atoms with van der Waals surface area (Å²) in [5.74, 6) is 0.107. The first-order chi connectivity index (χ1) is 8.16. The van der Waals surface area contributed by atoms with Crippen molar-refractivity contribution < 1.29 is 9.90 Å². The van der Waals surface area contributed by atoms with E-state index in [0.717, 1.165) is 6.54 Å². The Hall–Kier alpha value is -1.78. The molecule has 1 aromatic rings. The van der Waals surface area contributed by atoms with Crippen molar-refractivity contribution in [2.45, 2.75) is 25.7 Å². The Morgan fingerprint density at radius 3 is 2.82 bits per heavy atom. The molecule has 1 saturated carbocycles. The highest BCUT2D eigenvalue weighted by Gasteiger charge is 2.15. The summed E-state index contributed by atoms with van der Waals surface area (Å²) in [5.41, 5.74) is 6.27. The minimum atomic E-state index is -1.03. The molecule has 17 heavy (non-hydrogen) atoms. The lowest BCUT2D eigenvalue weighted by Gasteiger charge is -2.12. The van der Waals surface area contributed by atoms with Gasteiger partial charge in [-0.2, -0.15) is 0 Å². The Labute approximate surface area is 100 Å². The molecule has 1 aromatic heterocycles. The molecule has 5 heteroatoms. The lowest BCUT2D eigenvalue weighted by atomic mass is 10.1. The van der Waals surface area contributed by atoms with E-state index in [0.29, 0.717) is 17.4 Å². The summed E-state index contributed by atoms with van der Waals surface area (Å²) in [4.78, 5) is 14.8. The molecule has 2 rings (SSSR count). The predicted octanol–water partition coefficient (Wildman–Crippen LogP) is 1.96. The molecule has 0 saturated heterocycles. The Morgan fingerprint density at radius 1 is 1.47 bits per heavy atom. The van der Waals surface area contributed by atoms with Crippen molar-refractivity contribution in [2.75, 3.05) is 17.6 Å². The van der Waals surface area contributed by atoms with E-state index in [2.05, 4.69) is 10.3 Å². The maximum Gasteiger partial charge on any atom is 0.354 e. The molecular weight excluding hydrogens is 218 g/mol. The number of carboxylic acid groups (broad SMARTS) is 1. The molecule has 1 aliphatic carbocycles. The van der Waals surface area contributed by atoms with Crippen LogP contribution in [0.1, 0.15) is 36.2 Å². The zero-order valence-electron chi connectivity index (χ0n) is 9.65. The van der Waals surface area contributed by atoms with Crippen LogP contribution >= 0.6 is 0 Å². The number of carbonyl (C=O) groups is 1. The maximum atomic E-state index is 10.8. The fourth-order valence-corrected chi connectivity index (χ4v) is 2.19. The average Bonchev–Trinajstić information content (AvgIpc) is 2.80. The molecule has 4 N–H and O–H groups in total. The first-order valence-electron chi connectivity index (χ1n) is 5.90. The molecule has 0 amide bonds. The van der Waals surface area contributed by atoms with E-state index in [1.54, 1.807) is 6.07 Å². The number of nitrogens with one attached hydrogen (secondary N) is 1. The van der Waals surface area contributed by atoms with Crippen LogP contribution < -0.4 is 11.1 Å². The Balaban J connectivity index is 2.03. The number of aromatic carboxylic acids is 1. The Kier molecular flexibility index (Phi) is 3.46. The number of hydrogen-bond acceptors (Lipinski definition) is 4. The highest BCUT2D eigenvalue weighted by molar-refractivity contribution is 5.86. The number of carboxylic acids is 1. The lowest BCUT2D eigenvalue weighted by molar-refractivity contribution is 0.0690. The van der Waals surface area contributed by atoms with E-state index in [4.69, 9.17) is 10.8 Å². The third kappa shape index (κ3) is 2.87. The molecule has 5 nitrogen and oxygen atoms in total. The molecule has 0 bridgehead atoms. The highest BCUT2D eigenvalue weighted by atomic mass is 16.4. The number of anilines is 2. The number of pyridine rings is 1. The number of aromatic nitrogens is 1. The summed E-state index contributed by atoms with van der Waals surface area (Å²) in [6.45, 7) is 0.820. The van der Waals surface area contributed by atoms with Crippen molar-refractivity contribution in [3.8, 4) is 0 Å². The molecule has 0 spiro atoms. The van der Waals surface area contributed by atoms with Gasteiger partial charge in [0.1, 0.15) is 5.82 Å². The molecule has 92 valence electrons. The van der Waals surface area contributed by atoms with Gasteiger partial charge >= 0.3 is 5.97 Å². The van der Waals surface area contributed by atoms with Crippen LogP contribution in [0.2, 0.25) is 0 Å². The van der Waals surface area contributed by atoms with Gasteiger partial charge in [0.15, 0.2) is 5.69 Å². The topological polar surface area (TPSA) is 88.2 Å². The van der Waals surface area contributed by atoms with Crippen LogP contribution in [0, 0.1) is 5.92 Å². The SMILES string of the molecule is Nc1ccc(C(=O)O)nc1NCC1CCCC1. The minimum absolute atomic E-state index is 0.0214. The Bertz CT molecular complexity index is 414. The minimum Gasteiger partial charge on any atom is -0.477 e. The van der Waals surface area contributed by atoms with Crippen molar-refractivity contribution in [3.63, 3.8) is 0 Å². The number of hydrogen-bond donors (Lipinski definition) is 3. The van der Waals surface area contributed by atoms with Gasteiger partial charge < -0.3 is 16.2 Å². The summed E-state index contributed by atoms with van der Waals surface area (Å²) in [7, 11) is 0. The maximum absolute atomic E-state index is 10.8. The van der Waals surface area contributed by atoms with Crippen LogP contribution in [0.3, 0.4) is 0 Å². The van der Waals surface area contributed by atoms with E-state index >= 15 is 0 Å².